The van der Waals surface area contributed by atoms with E-state index < -0.39 is 21.7 Å². The number of nitrogens with zero attached hydrogens (tertiary/aromatic N) is 1. The molecule has 0 bridgehead atoms. The lowest BCUT2D eigenvalue weighted by molar-refractivity contribution is 0.102. The zero-order valence-electron chi connectivity index (χ0n) is 16.4. The van der Waals surface area contributed by atoms with Gasteiger partial charge in [0.1, 0.15) is 5.82 Å². The van der Waals surface area contributed by atoms with Gasteiger partial charge < -0.3 is 5.32 Å². The fraction of sp³-hybridized carbons (Fsp3) is 0.136. The molecule has 1 amide bonds. The average Bonchev–Trinajstić information content (AvgIpc) is 2.69. The van der Waals surface area contributed by atoms with Gasteiger partial charge >= 0.3 is 0 Å². The summed E-state index contributed by atoms with van der Waals surface area (Å²) in [6, 6.07) is 18.1. The molecule has 8 heteroatoms. The summed E-state index contributed by atoms with van der Waals surface area (Å²) < 4.78 is 40.4. The maximum absolute atomic E-state index is 13.9. The van der Waals surface area contributed by atoms with E-state index in [-0.39, 0.29) is 17.8 Å². The summed E-state index contributed by atoms with van der Waals surface area (Å²) in [6.45, 7) is 2.14. The van der Waals surface area contributed by atoms with E-state index in [0.29, 0.717) is 10.2 Å². The van der Waals surface area contributed by atoms with Crippen molar-refractivity contribution in [1.29, 1.82) is 0 Å². The minimum Gasteiger partial charge on any atom is -0.319 e. The first kappa shape index (κ1) is 22.0. The number of anilines is 2. The van der Waals surface area contributed by atoms with Crippen LogP contribution in [0.25, 0.3) is 0 Å². The molecule has 0 saturated heterocycles. The van der Waals surface area contributed by atoms with Crippen LogP contribution in [0.5, 0.6) is 0 Å². The standard InChI is InChI=1S/C22H20BrFN2O3S/c1-15-3-5-16(6-4-15)14-26(30(2,28)29)19-10-7-17(8-11-19)22(27)25-21-12-9-18(23)13-20(21)24/h3-13H,14H2,1-2H3,(H,25,27). The number of hydrogen-bond donors (Lipinski definition) is 1. The average molecular weight is 491 g/mol. The first-order chi connectivity index (χ1) is 14.1. The number of halogens is 2. The molecule has 3 aromatic carbocycles. The third-order valence-corrected chi connectivity index (χ3v) is 6.08. The second-order valence-corrected chi connectivity index (χ2v) is 9.70. The van der Waals surface area contributed by atoms with E-state index in [0.717, 1.165) is 17.4 Å². The van der Waals surface area contributed by atoms with Gasteiger partial charge in [-0.2, -0.15) is 0 Å². The Balaban J connectivity index is 1.80. The number of benzene rings is 3. The predicted molar refractivity (Wildman–Crippen MR) is 121 cm³/mol. The Bertz CT molecular complexity index is 1160. The summed E-state index contributed by atoms with van der Waals surface area (Å²) in [4.78, 5) is 12.4. The summed E-state index contributed by atoms with van der Waals surface area (Å²) in [6.07, 6.45) is 1.14. The number of nitrogens with one attached hydrogen (secondary N) is 1. The molecule has 0 atom stereocenters. The van der Waals surface area contributed by atoms with Crippen LogP contribution in [-0.4, -0.2) is 20.6 Å². The van der Waals surface area contributed by atoms with Crippen LogP contribution in [0, 0.1) is 12.7 Å². The van der Waals surface area contributed by atoms with E-state index in [1.807, 2.05) is 31.2 Å². The Morgan fingerprint density at radius 3 is 2.23 bits per heavy atom. The van der Waals surface area contributed by atoms with Gasteiger partial charge in [-0.15, -0.1) is 0 Å². The number of sulfonamides is 1. The maximum atomic E-state index is 13.9. The topological polar surface area (TPSA) is 66.5 Å². The van der Waals surface area contributed by atoms with Gasteiger partial charge in [-0.25, -0.2) is 12.8 Å². The van der Waals surface area contributed by atoms with Crippen LogP contribution in [0.2, 0.25) is 0 Å². The number of aryl methyl sites for hydroxylation is 1. The van der Waals surface area contributed by atoms with Crippen LogP contribution in [0.1, 0.15) is 21.5 Å². The molecule has 0 heterocycles. The van der Waals surface area contributed by atoms with Gasteiger partial charge in [-0.05, 0) is 55.0 Å². The van der Waals surface area contributed by atoms with E-state index in [1.165, 1.54) is 28.6 Å². The zero-order valence-corrected chi connectivity index (χ0v) is 18.8. The highest BCUT2D eigenvalue weighted by molar-refractivity contribution is 9.10. The van der Waals surface area contributed by atoms with E-state index in [4.69, 9.17) is 0 Å². The highest BCUT2D eigenvalue weighted by atomic mass is 79.9. The first-order valence-electron chi connectivity index (χ1n) is 9.03. The summed E-state index contributed by atoms with van der Waals surface area (Å²) >= 11 is 3.17. The largest absolute Gasteiger partial charge is 0.319 e. The smallest absolute Gasteiger partial charge is 0.255 e. The Hall–Kier alpha value is -2.71. The molecule has 0 radical (unpaired) electrons. The van der Waals surface area contributed by atoms with Crippen molar-refractivity contribution in [2.45, 2.75) is 13.5 Å². The highest BCUT2D eigenvalue weighted by Crippen LogP contribution is 2.23. The molecule has 0 aliphatic rings. The summed E-state index contributed by atoms with van der Waals surface area (Å²) in [5.74, 6) is -1.05. The lowest BCUT2D eigenvalue weighted by atomic mass is 10.1. The van der Waals surface area contributed by atoms with Crippen molar-refractivity contribution < 1.29 is 17.6 Å². The zero-order chi connectivity index (χ0) is 21.9. The van der Waals surface area contributed by atoms with E-state index in [9.17, 15) is 17.6 Å². The molecule has 156 valence electrons. The van der Waals surface area contributed by atoms with Crippen molar-refractivity contribution in [3.8, 4) is 0 Å². The minimum atomic E-state index is -3.54. The van der Waals surface area contributed by atoms with Crippen molar-refractivity contribution in [3.05, 3.63) is 93.7 Å². The van der Waals surface area contributed by atoms with Gasteiger partial charge in [0, 0.05) is 10.0 Å². The lowest BCUT2D eigenvalue weighted by Crippen LogP contribution is -2.29. The molecule has 5 nitrogen and oxygen atoms in total. The van der Waals surface area contributed by atoms with Crippen LogP contribution in [-0.2, 0) is 16.6 Å². The summed E-state index contributed by atoms with van der Waals surface area (Å²) in [7, 11) is -3.54. The molecular weight excluding hydrogens is 471 g/mol. The van der Waals surface area contributed by atoms with Crippen molar-refractivity contribution in [1.82, 2.24) is 0 Å². The number of amides is 1. The van der Waals surface area contributed by atoms with Gasteiger partial charge in [0.15, 0.2) is 0 Å². The Kier molecular flexibility index (Phi) is 6.58. The second kappa shape index (κ2) is 8.97. The summed E-state index contributed by atoms with van der Waals surface area (Å²) in [5.41, 5.74) is 2.71. The van der Waals surface area contributed by atoms with E-state index >= 15 is 0 Å². The maximum Gasteiger partial charge on any atom is 0.255 e. The molecule has 0 aromatic heterocycles. The molecule has 0 saturated carbocycles. The fourth-order valence-electron chi connectivity index (χ4n) is 2.82. The number of carbonyl (C=O) groups excluding carboxylic acids is 1. The molecule has 3 aromatic rings. The van der Waals surface area contributed by atoms with Crippen molar-refractivity contribution in [3.63, 3.8) is 0 Å². The quantitative estimate of drug-likeness (QED) is 0.521. The van der Waals surface area contributed by atoms with E-state index in [2.05, 4.69) is 21.2 Å². The SMILES string of the molecule is Cc1ccc(CN(c2ccc(C(=O)Nc3ccc(Br)cc3F)cc2)S(C)(=O)=O)cc1. The van der Waals surface area contributed by atoms with Crippen LogP contribution < -0.4 is 9.62 Å². The molecule has 0 spiro atoms. The molecule has 3 rings (SSSR count). The van der Waals surface area contributed by atoms with Gasteiger partial charge in [-0.1, -0.05) is 45.8 Å². The third kappa shape index (κ3) is 5.46. The van der Waals surface area contributed by atoms with Crippen LogP contribution in [0.4, 0.5) is 15.8 Å². The van der Waals surface area contributed by atoms with Crippen LogP contribution in [0.3, 0.4) is 0 Å². The van der Waals surface area contributed by atoms with Gasteiger partial charge in [0.2, 0.25) is 10.0 Å². The van der Waals surface area contributed by atoms with E-state index in [1.54, 1.807) is 18.2 Å². The van der Waals surface area contributed by atoms with Gasteiger partial charge in [-0.3, -0.25) is 9.10 Å². The Labute approximate surface area is 183 Å². The number of hydrogen-bond acceptors (Lipinski definition) is 3. The summed E-state index contributed by atoms with van der Waals surface area (Å²) in [5, 5.41) is 2.51. The monoisotopic (exact) mass is 490 g/mol. The molecule has 0 aliphatic heterocycles. The van der Waals surface area contributed by atoms with Crippen LogP contribution >= 0.6 is 15.9 Å². The molecular formula is C22H20BrFN2O3S. The van der Waals surface area contributed by atoms with Crippen molar-refractivity contribution >= 4 is 43.2 Å². The lowest BCUT2D eigenvalue weighted by Gasteiger charge is -2.23. The normalized spacial score (nSPS) is 11.2. The molecule has 0 unspecified atom stereocenters. The van der Waals surface area contributed by atoms with Gasteiger partial charge in [0.05, 0.1) is 24.2 Å². The number of carbonyl (C=O) groups is 1. The molecule has 0 aliphatic carbocycles. The van der Waals surface area contributed by atoms with Crippen LogP contribution in [0.15, 0.2) is 71.2 Å². The minimum absolute atomic E-state index is 0.0596. The highest BCUT2D eigenvalue weighted by Gasteiger charge is 2.19. The molecule has 0 fully saturated rings. The molecule has 30 heavy (non-hydrogen) atoms. The van der Waals surface area contributed by atoms with Gasteiger partial charge in [0.25, 0.3) is 5.91 Å². The number of rotatable bonds is 6. The predicted octanol–water partition coefficient (Wildman–Crippen LogP) is 5.12. The van der Waals surface area contributed by atoms with Crippen molar-refractivity contribution in [2.75, 3.05) is 15.9 Å². The second-order valence-electron chi connectivity index (χ2n) is 6.88. The first-order valence-corrected chi connectivity index (χ1v) is 11.7. The third-order valence-electron chi connectivity index (χ3n) is 4.44. The fourth-order valence-corrected chi connectivity index (χ4v) is 4.05. The Morgan fingerprint density at radius 2 is 1.67 bits per heavy atom. The molecule has 1 N–H and O–H groups in total. The Morgan fingerprint density at radius 1 is 1.03 bits per heavy atom. The van der Waals surface area contributed by atoms with Crippen molar-refractivity contribution in [2.24, 2.45) is 0 Å².